The van der Waals surface area contributed by atoms with Gasteiger partial charge >= 0.3 is 6.18 Å². The van der Waals surface area contributed by atoms with Crippen LogP contribution in [0.3, 0.4) is 0 Å². The minimum atomic E-state index is -4.50. The Hall–Kier alpha value is -1.73. The number of hydrogen-bond donors (Lipinski definition) is 1. The van der Waals surface area contributed by atoms with Crippen molar-refractivity contribution in [3.05, 3.63) is 39.7 Å². The van der Waals surface area contributed by atoms with Gasteiger partial charge in [0.05, 0.1) is 16.4 Å². The lowest BCUT2D eigenvalue weighted by Crippen LogP contribution is -2.30. The van der Waals surface area contributed by atoms with Crippen molar-refractivity contribution in [2.24, 2.45) is 17.6 Å². The van der Waals surface area contributed by atoms with E-state index in [4.69, 9.17) is 17.3 Å². The normalized spacial score (nSPS) is 17.9. The first-order valence-corrected chi connectivity index (χ1v) is 11.0. The van der Waals surface area contributed by atoms with E-state index < -0.39 is 11.9 Å². The molecule has 0 bridgehead atoms. The van der Waals surface area contributed by atoms with Crippen molar-refractivity contribution in [3.63, 3.8) is 0 Å². The lowest BCUT2D eigenvalue weighted by atomic mass is 9.95. The van der Waals surface area contributed by atoms with E-state index in [-0.39, 0.29) is 11.6 Å². The zero-order valence-electron chi connectivity index (χ0n) is 17.4. The molecule has 30 heavy (non-hydrogen) atoms. The number of anilines is 2. The Kier molecular flexibility index (Phi) is 5.79. The lowest BCUT2D eigenvalue weighted by molar-refractivity contribution is -0.141. The summed E-state index contributed by atoms with van der Waals surface area (Å²) in [5.74, 6) is 0.987. The molecule has 4 rings (SSSR count). The molecule has 0 spiro atoms. The molecule has 1 aromatic heterocycles. The van der Waals surface area contributed by atoms with Crippen molar-refractivity contribution in [3.8, 4) is 0 Å². The molecule has 1 aliphatic carbocycles. The van der Waals surface area contributed by atoms with E-state index in [2.05, 4.69) is 4.98 Å². The fourth-order valence-corrected chi connectivity index (χ4v) is 5.08. The molecular weight excluding hydrogens is 413 g/mol. The minimum Gasteiger partial charge on any atom is -0.330 e. The maximum Gasteiger partial charge on any atom is 0.435 e. The van der Waals surface area contributed by atoms with Gasteiger partial charge in [-0.15, -0.1) is 0 Å². The zero-order valence-corrected chi connectivity index (χ0v) is 18.2. The SMILES string of the molecule is Cc1cc(C)c(N2CCCn3c2nc(C(F)(F)F)c3CC(CN)CC2CC2)c(Cl)c1. The van der Waals surface area contributed by atoms with Crippen molar-refractivity contribution >= 4 is 23.2 Å². The topological polar surface area (TPSA) is 47.1 Å². The molecule has 2 heterocycles. The Bertz CT molecular complexity index is 910. The summed E-state index contributed by atoms with van der Waals surface area (Å²) in [6, 6.07) is 3.84. The molecule has 8 heteroatoms. The second kappa shape index (κ2) is 8.08. The number of hydrogen-bond acceptors (Lipinski definition) is 3. The fraction of sp³-hybridized carbons (Fsp3) is 0.591. The number of aromatic nitrogens is 2. The van der Waals surface area contributed by atoms with Crippen LogP contribution in [0.4, 0.5) is 24.8 Å². The average Bonchev–Trinajstić information content (AvgIpc) is 3.38. The van der Waals surface area contributed by atoms with Gasteiger partial charge in [-0.1, -0.05) is 30.5 Å². The number of aryl methyl sites for hydroxylation is 2. The molecule has 2 N–H and O–H groups in total. The number of nitrogens with zero attached hydrogens (tertiary/aromatic N) is 3. The molecule has 0 saturated heterocycles. The van der Waals surface area contributed by atoms with Crippen LogP contribution in [0.25, 0.3) is 0 Å². The Labute approximate surface area is 180 Å². The molecule has 1 aliphatic heterocycles. The summed E-state index contributed by atoms with van der Waals surface area (Å²) in [5, 5.41) is 0.535. The summed E-state index contributed by atoms with van der Waals surface area (Å²) >= 11 is 6.52. The van der Waals surface area contributed by atoms with Gasteiger partial charge in [-0.25, -0.2) is 4.98 Å². The Morgan fingerprint density at radius 3 is 2.57 bits per heavy atom. The molecule has 0 amide bonds. The van der Waals surface area contributed by atoms with Crippen molar-refractivity contribution in [2.45, 2.75) is 58.7 Å². The van der Waals surface area contributed by atoms with Gasteiger partial charge in [0, 0.05) is 13.1 Å². The number of fused-ring (bicyclic) bond motifs is 1. The highest BCUT2D eigenvalue weighted by molar-refractivity contribution is 6.33. The quantitative estimate of drug-likeness (QED) is 0.633. The summed E-state index contributed by atoms with van der Waals surface area (Å²) in [6.07, 6.45) is -0.258. The van der Waals surface area contributed by atoms with Crippen molar-refractivity contribution in [2.75, 3.05) is 18.0 Å². The highest BCUT2D eigenvalue weighted by Gasteiger charge is 2.41. The standard InChI is InChI=1S/C22H28ClF3N4/c1-13-8-14(2)19(17(23)9-13)30-7-3-6-29-18(11-16(12-27)10-15-4-5-15)20(22(24,25)26)28-21(29)30/h8-9,15-16H,3-7,10-12,27H2,1-2H3. The van der Waals surface area contributed by atoms with Crippen LogP contribution in [0.1, 0.15) is 48.2 Å². The summed E-state index contributed by atoms with van der Waals surface area (Å²) in [4.78, 5) is 5.98. The van der Waals surface area contributed by atoms with Gasteiger partial charge in [-0.3, -0.25) is 0 Å². The van der Waals surface area contributed by atoms with Crippen LogP contribution in [0.5, 0.6) is 0 Å². The van der Waals surface area contributed by atoms with Gasteiger partial charge in [0.1, 0.15) is 0 Å². The van der Waals surface area contributed by atoms with Crippen LogP contribution in [-0.2, 0) is 19.1 Å². The third kappa shape index (κ3) is 4.19. The number of imidazole rings is 1. The molecule has 1 atom stereocenters. The molecule has 4 nitrogen and oxygen atoms in total. The fourth-order valence-electron chi connectivity index (χ4n) is 4.66. The first kappa shape index (κ1) is 21.5. The van der Waals surface area contributed by atoms with E-state index in [1.54, 1.807) is 4.57 Å². The van der Waals surface area contributed by atoms with Crippen molar-refractivity contribution in [1.29, 1.82) is 0 Å². The van der Waals surface area contributed by atoms with Crippen LogP contribution in [0.2, 0.25) is 5.02 Å². The number of nitrogens with two attached hydrogens (primary N) is 1. The monoisotopic (exact) mass is 440 g/mol. The zero-order chi connectivity index (χ0) is 21.6. The molecule has 2 aromatic rings. The summed E-state index contributed by atoms with van der Waals surface area (Å²) < 4.78 is 43.6. The highest BCUT2D eigenvalue weighted by atomic mass is 35.5. The lowest BCUT2D eigenvalue weighted by Gasteiger charge is -2.32. The van der Waals surface area contributed by atoms with E-state index >= 15 is 0 Å². The van der Waals surface area contributed by atoms with Gasteiger partial charge < -0.3 is 15.2 Å². The van der Waals surface area contributed by atoms with E-state index in [1.165, 1.54) is 0 Å². The first-order valence-electron chi connectivity index (χ1n) is 10.6. The molecule has 2 aliphatic rings. The molecule has 1 fully saturated rings. The molecular formula is C22H28ClF3N4. The summed E-state index contributed by atoms with van der Waals surface area (Å²) in [6.45, 7) is 5.38. The van der Waals surface area contributed by atoms with Gasteiger partial charge in [0.25, 0.3) is 0 Å². The summed E-state index contributed by atoms with van der Waals surface area (Å²) in [7, 11) is 0. The predicted octanol–water partition coefficient (Wildman–Crippen LogP) is 5.63. The Morgan fingerprint density at radius 1 is 1.23 bits per heavy atom. The Morgan fingerprint density at radius 2 is 1.97 bits per heavy atom. The van der Waals surface area contributed by atoms with E-state index in [1.807, 2.05) is 30.9 Å². The molecule has 164 valence electrons. The third-order valence-corrected chi connectivity index (χ3v) is 6.46. The van der Waals surface area contributed by atoms with Crippen LogP contribution >= 0.6 is 11.6 Å². The highest BCUT2D eigenvalue weighted by Crippen LogP contribution is 2.43. The van der Waals surface area contributed by atoms with Crippen LogP contribution in [0.15, 0.2) is 12.1 Å². The second-order valence-corrected chi connectivity index (χ2v) is 9.17. The number of alkyl halides is 3. The molecule has 1 aromatic carbocycles. The third-order valence-electron chi connectivity index (χ3n) is 6.17. The molecule has 1 saturated carbocycles. The molecule has 0 radical (unpaired) electrons. The number of halogens is 4. The summed E-state index contributed by atoms with van der Waals surface area (Å²) in [5.41, 5.74) is 8.11. The van der Waals surface area contributed by atoms with Gasteiger partial charge in [-0.2, -0.15) is 13.2 Å². The predicted molar refractivity (Wildman–Crippen MR) is 113 cm³/mol. The minimum absolute atomic E-state index is 0.0412. The number of rotatable bonds is 6. The Balaban J connectivity index is 1.78. The second-order valence-electron chi connectivity index (χ2n) is 8.76. The van der Waals surface area contributed by atoms with Crippen LogP contribution in [0, 0.1) is 25.7 Å². The van der Waals surface area contributed by atoms with E-state index in [9.17, 15) is 13.2 Å². The van der Waals surface area contributed by atoms with Crippen molar-refractivity contribution in [1.82, 2.24) is 9.55 Å². The first-order chi connectivity index (χ1) is 14.2. The largest absolute Gasteiger partial charge is 0.435 e. The van der Waals surface area contributed by atoms with Crippen LogP contribution < -0.4 is 10.6 Å². The van der Waals surface area contributed by atoms with E-state index in [0.717, 1.165) is 42.5 Å². The van der Waals surface area contributed by atoms with Gasteiger partial charge in [0.2, 0.25) is 5.95 Å². The maximum atomic E-state index is 14.0. The van der Waals surface area contributed by atoms with E-state index in [0.29, 0.717) is 42.9 Å². The molecule has 1 unspecified atom stereocenters. The number of benzene rings is 1. The van der Waals surface area contributed by atoms with Crippen LogP contribution in [-0.4, -0.2) is 22.6 Å². The average molecular weight is 441 g/mol. The maximum absolute atomic E-state index is 14.0. The smallest absolute Gasteiger partial charge is 0.330 e. The van der Waals surface area contributed by atoms with Gasteiger partial charge in [0.15, 0.2) is 5.69 Å². The van der Waals surface area contributed by atoms with Crippen molar-refractivity contribution < 1.29 is 13.2 Å². The van der Waals surface area contributed by atoms with Gasteiger partial charge in [-0.05, 0) is 68.7 Å².